The Hall–Kier alpha value is -2.26. The summed E-state index contributed by atoms with van der Waals surface area (Å²) in [5.41, 5.74) is 1.06. The Kier molecular flexibility index (Phi) is 4.66. The van der Waals surface area contributed by atoms with Gasteiger partial charge in [-0.2, -0.15) is 5.26 Å². The van der Waals surface area contributed by atoms with Crippen molar-refractivity contribution in [1.82, 2.24) is 9.88 Å². The van der Waals surface area contributed by atoms with Crippen LogP contribution in [0, 0.1) is 17.1 Å². The van der Waals surface area contributed by atoms with E-state index < -0.39 is 5.82 Å². The number of amides is 1. The molecule has 0 aliphatic heterocycles. The third-order valence-electron chi connectivity index (χ3n) is 2.88. The number of carbonyl (C=O) groups is 1. The Morgan fingerprint density at radius 1 is 1.43 bits per heavy atom. The van der Waals surface area contributed by atoms with Crippen molar-refractivity contribution >= 4 is 21.8 Å². The molecule has 6 heteroatoms. The Morgan fingerprint density at radius 2 is 2.19 bits per heavy atom. The van der Waals surface area contributed by atoms with E-state index in [1.54, 1.807) is 19.3 Å². The van der Waals surface area contributed by atoms with Crippen LogP contribution in [-0.2, 0) is 6.54 Å². The molecule has 0 aliphatic carbocycles. The lowest BCUT2D eigenvalue weighted by molar-refractivity contribution is 0.0783. The van der Waals surface area contributed by atoms with Gasteiger partial charge in [0.2, 0.25) is 0 Å². The van der Waals surface area contributed by atoms with E-state index in [9.17, 15) is 9.18 Å². The quantitative estimate of drug-likeness (QED) is 0.856. The van der Waals surface area contributed by atoms with E-state index in [-0.39, 0.29) is 12.5 Å². The molecule has 21 heavy (non-hydrogen) atoms. The minimum absolute atomic E-state index is 0.0761. The van der Waals surface area contributed by atoms with Gasteiger partial charge in [-0.05, 0) is 40.2 Å². The van der Waals surface area contributed by atoms with E-state index in [0.29, 0.717) is 21.2 Å². The van der Waals surface area contributed by atoms with Crippen molar-refractivity contribution in [2.75, 3.05) is 7.05 Å². The van der Waals surface area contributed by atoms with Gasteiger partial charge in [0.1, 0.15) is 5.82 Å². The Morgan fingerprint density at radius 3 is 2.86 bits per heavy atom. The summed E-state index contributed by atoms with van der Waals surface area (Å²) >= 11 is 3.25. The van der Waals surface area contributed by atoms with Crippen molar-refractivity contribution < 1.29 is 9.18 Å². The molecule has 0 fully saturated rings. The molecule has 0 saturated carbocycles. The lowest BCUT2D eigenvalue weighted by atomic mass is 10.1. The Bertz CT molecular complexity index is 727. The van der Waals surface area contributed by atoms with Gasteiger partial charge in [0, 0.05) is 36.0 Å². The zero-order valence-corrected chi connectivity index (χ0v) is 12.8. The summed E-state index contributed by atoms with van der Waals surface area (Å²) in [7, 11) is 1.57. The van der Waals surface area contributed by atoms with Gasteiger partial charge in [-0.3, -0.25) is 9.78 Å². The fourth-order valence-electron chi connectivity index (χ4n) is 1.84. The zero-order valence-electron chi connectivity index (χ0n) is 11.2. The highest BCUT2D eigenvalue weighted by atomic mass is 79.9. The first-order chi connectivity index (χ1) is 10.0. The van der Waals surface area contributed by atoms with Crippen LogP contribution in [0.3, 0.4) is 0 Å². The average Bonchev–Trinajstić information content (AvgIpc) is 2.48. The van der Waals surface area contributed by atoms with Crippen LogP contribution in [0.15, 0.2) is 41.1 Å². The summed E-state index contributed by atoms with van der Waals surface area (Å²) < 4.78 is 14.4. The van der Waals surface area contributed by atoms with Crippen LogP contribution in [0.5, 0.6) is 0 Å². The third kappa shape index (κ3) is 3.64. The van der Waals surface area contributed by atoms with Gasteiger partial charge in [0.05, 0.1) is 17.2 Å². The molecule has 0 aliphatic rings. The van der Waals surface area contributed by atoms with Crippen LogP contribution in [-0.4, -0.2) is 22.8 Å². The number of benzene rings is 1. The van der Waals surface area contributed by atoms with Crippen molar-refractivity contribution in [3.8, 4) is 6.07 Å². The Labute approximate surface area is 130 Å². The second kappa shape index (κ2) is 6.46. The number of carbonyl (C=O) groups excluding carboxylic acids is 1. The Balaban J connectivity index is 2.20. The standard InChI is InChI=1S/C15H11BrFN3O/c1-20(15(21)11-5-13(16)8-19-7-11)9-12-4-10(6-18)2-3-14(12)17/h2-5,7-8H,9H2,1H3. The van der Waals surface area contributed by atoms with Gasteiger partial charge in [0.25, 0.3) is 5.91 Å². The van der Waals surface area contributed by atoms with Crippen LogP contribution >= 0.6 is 15.9 Å². The zero-order chi connectivity index (χ0) is 15.4. The molecular formula is C15H11BrFN3O. The highest BCUT2D eigenvalue weighted by Crippen LogP contribution is 2.15. The first-order valence-electron chi connectivity index (χ1n) is 6.06. The monoisotopic (exact) mass is 347 g/mol. The van der Waals surface area contributed by atoms with E-state index in [1.165, 1.54) is 29.3 Å². The molecule has 0 N–H and O–H groups in total. The second-order valence-corrected chi connectivity index (χ2v) is 5.39. The topological polar surface area (TPSA) is 57.0 Å². The van der Waals surface area contributed by atoms with E-state index in [1.807, 2.05) is 6.07 Å². The molecule has 0 unspecified atom stereocenters. The molecule has 2 aromatic rings. The molecule has 1 aromatic carbocycles. The van der Waals surface area contributed by atoms with Gasteiger partial charge < -0.3 is 4.90 Å². The SMILES string of the molecule is CN(Cc1cc(C#N)ccc1F)C(=O)c1cncc(Br)c1. The summed E-state index contributed by atoms with van der Waals surface area (Å²) in [5, 5.41) is 8.84. The van der Waals surface area contributed by atoms with Crippen molar-refractivity contribution in [3.63, 3.8) is 0 Å². The highest BCUT2D eigenvalue weighted by Gasteiger charge is 2.15. The van der Waals surface area contributed by atoms with Crippen molar-refractivity contribution in [3.05, 3.63) is 63.6 Å². The van der Waals surface area contributed by atoms with Crippen LogP contribution in [0.4, 0.5) is 4.39 Å². The number of pyridine rings is 1. The number of rotatable bonds is 3. The fourth-order valence-corrected chi connectivity index (χ4v) is 2.21. The first kappa shape index (κ1) is 15.1. The molecule has 2 rings (SSSR count). The summed E-state index contributed by atoms with van der Waals surface area (Å²) in [6.45, 7) is 0.0761. The molecule has 1 amide bonds. The molecule has 0 radical (unpaired) electrons. The lowest BCUT2D eigenvalue weighted by Gasteiger charge is -2.17. The van der Waals surface area contributed by atoms with E-state index in [0.717, 1.165) is 0 Å². The third-order valence-corrected chi connectivity index (χ3v) is 3.31. The average molecular weight is 348 g/mol. The molecule has 0 saturated heterocycles. The van der Waals surface area contributed by atoms with Crippen LogP contribution in [0.1, 0.15) is 21.5 Å². The number of hydrogen-bond donors (Lipinski definition) is 0. The normalized spacial score (nSPS) is 10.0. The van der Waals surface area contributed by atoms with Gasteiger partial charge >= 0.3 is 0 Å². The number of aromatic nitrogens is 1. The van der Waals surface area contributed by atoms with Gasteiger partial charge in [0.15, 0.2) is 0 Å². The molecule has 0 bridgehead atoms. The molecule has 0 atom stereocenters. The maximum Gasteiger partial charge on any atom is 0.255 e. The maximum atomic E-state index is 13.7. The van der Waals surface area contributed by atoms with Gasteiger partial charge in [-0.15, -0.1) is 0 Å². The van der Waals surface area contributed by atoms with Gasteiger partial charge in [-0.25, -0.2) is 4.39 Å². The molecule has 0 spiro atoms. The number of hydrogen-bond acceptors (Lipinski definition) is 3. The van der Waals surface area contributed by atoms with E-state index in [4.69, 9.17) is 5.26 Å². The predicted molar refractivity (Wildman–Crippen MR) is 78.8 cm³/mol. The van der Waals surface area contributed by atoms with Crippen molar-refractivity contribution in [2.24, 2.45) is 0 Å². The van der Waals surface area contributed by atoms with Crippen LogP contribution in [0.25, 0.3) is 0 Å². The van der Waals surface area contributed by atoms with Crippen LogP contribution in [0.2, 0.25) is 0 Å². The molecule has 1 heterocycles. The van der Waals surface area contributed by atoms with Crippen molar-refractivity contribution in [2.45, 2.75) is 6.54 Å². The molecule has 1 aromatic heterocycles. The number of halogens is 2. The summed E-state index contributed by atoms with van der Waals surface area (Å²) in [6.07, 6.45) is 3.03. The van der Waals surface area contributed by atoms with Gasteiger partial charge in [-0.1, -0.05) is 0 Å². The predicted octanol–water partition coefficient (Wildman–Crippen LogP) is 3.13. The molecule has 106 valence electrons. The largest absolute Gasteiger partial charge is 0.337 e. The molecule has 4 nitrogen and oxygen atoms in total. The summed E-state index contributed by atoms with van der Waals surface area (Å²) in [6, 6.07) is 7.67. The number of nitrogens with zero attached hydrogens (tertiary/aromatic N) is 3. The highest BCUT2D eigenvalue weighted by molar-refractivity contribution is 9.10. The second-order valence-electron chi connectivity index (χ2n) is 4.47. The maximum absolute atomic E-state index is 13.7. The lowest BCUT2D eigenvalue weighted by Crippen LogP contribution is -2.26. The fraction of sp³-hybridized carbons (Fsp3) is 0.133. The molecular weight excluding hydrogens is 337 g/mol. The minimum atomic E-state index is -0.444. The summed E-state index contributed by atoms with van der Waals surface area (Å²) in [5.74, 6) is -0.716. The number of nitriles is 1. The smallest absolute Gasteiger partial charge is 0.255 e. The minimum Gasteiger partial charge on any atom is -0.337 e. The van der Waals surface area contributed by atoms with Crippen LogP contribution < -0.4 is 0 Å². The van der Waals surface area contributed by atoms with E-state index in [2.05, 4.69) is 20.9 Å². The van der Waals surface area contributed by atoms with Crippen molar-refractivity contribution in [1.29, 1.82) is 5.26 Å². The van der Waals surface area contributed by atoms with E-state index >= 15 is 0 Å². The first-order valence-corrected chi connectivity index (χ1v) is 6.85. The summed E-state index contributed by atoms with van der Waals surface area (Å²) in [4.78, 5) is 17.6.